The van der Waals surface area contributed by atoms with Crippen molar-refractivity contribution in [2.45, 2.75) is 26.2 Å². The Hall–Kier alpha value is -2.79. The minimum atomic E-state index is 0.00486. The summed E-state index contributed by atoms with van der Waals surface area (Å²) in [4.78, 5) is 18.7. The van der Waals surface area contributed by atoms with Crippen LogP contribution in [0.25, 0.3) is 11.3 Å². The van der Waals surface area contributed by atoms with Gasteiger partial charge in [0.25, 0.3) is 0 Å². The van der Waals surface area contributed by atoms with Crippen molar-refractivity contribution < 1.29 is 9.21 Å². The second kappa shape index (κ2) is 10.7. The second-order valence-corrected chi connectivity index (χ2v) is 7.12. The Morgan fingerprint density at radius 1 is 1.14 bits per heavy atom. The third-order valence-electron chi connectivity index (χ3n) is 4.69. The van der Waals surface area contributed by atoms with Gasteiger partial charge < -0.3 is 14.6 Å². The molecule has 5 nitrogen and oxygen atoms in total. The van der Waals surface area contributed by atoms with Gasteiger partial charge in [0.2, 0.25) is 5.91 Å². The Balaban J connectivity index is 1.39. The van der Waals surface area contributed by atoms with Crippen LogP contribution in [0.1, 0.15) is 25.7 Å². The molecule has 0 atom stereocenters. The highest BCUT2D eigenvalue weighted by atomic mass is 35.5. The number of benzene rings is 2. The molecule has 1 heterocycles. The van der Waals surface area contributed by atoms with Crippen molar-refractivity contribution in [3.8, 4) is 11.3 Å². The fraction of sp³-hybridized carbons (Fsp3) is 0.304. The van der Waals surface area contributed by atoms with Gasteiger partial charge in [0.05, 0.1) is 11.2 Å². The maximum atomic E-state index is 12.1. The molecule has 2 aromatic carbocycles. The van der Waals surface area contributed by atoms with Gasteiger partial charge in [-0.25, -0.2) is 4.98 Å². The van der Waals surface area contributed by atoms with E-state index in [-0.39, 0.29) is 5.91 Å². The fourth-order valence-corrected chi connectivity index (χ4v) is 3.36. The van der Waals surface area contributed by atoms with Crippen LogP contribution in [0.5, 0.6) is 0 Å². The summed E-state index contributed by atoms with van der Waals surface area (Å²) in [5, 5.41) is 3.59. The number of carbonyl (C=O) groups excluding carboxylic acids is 1. The van der Waals surface area contributed by atoms with Crippen molar-refractivity contribution in [3.63, 3.8) is 0 Å². The summed E-state index contributed by atoms with van der Waals surface area (Å²) >= 11 is 6.18. The molecule has 0 saturated carbocycles. The topological polar surface area (TPSA) is 58.4 Å². The Labute approximate surface area is 176 Å². The van der Waals surface area contributed by atoms with E-state index in [1.54, 1.807) is 6.20 Å². The predicted octanol–water partition coefficient (Wildman–Crippen LogP) is 4.96. The Kier molecular flexibility index (Phi) is 7.70. The van der Waals surface area contributed by atoms with Gasteiger partial charge >= 0.3 is 0 Å². The first kappa shape index (κ1) is 20.9. The number of aromatic nitrogens is 1. The summed E-state index contributed by atoms with van der Waals surface area (Å²) in [6.45, 7) is 4.63. The molecule has 0 radical (unpaired) electrons. The minimum Gasteiger partial charge on any atom is -0.441 e. The number of halogens is 1. The molecule has 3 rings (SSSR count). The summed E-state index contributed by atoms with van der Waals surface area (Å²) in [6.07, 6.45) is 3.35. The first-order valence-corrected chi connectivity index (χ1v) is 10.3. The highest BCUT2D eigenvalue weighted by Gasteiger charge is 2.11. The second-order valence-electron chi connectivity index (χ2n) is 6.72. The number of anilines is 1. The van der Waals surface area contributed by atoms with Gasteiger partial charge in [-0.05, 0) is 37.6 Å². The largest absolute Gasteiger partial charge is 0.441 e. The molecular formula is C23H26ClN3O2. The Morgan fingerprint density at radius 3 is 2.66 bits per heavy atom. The van der Waals surface area contributed by atoms with Crippen LogP contribution in [0.4, 0.5) is 5.69 Å². The van der Waals surface area contributed by atoms with Gasteiger partial charge in [-0.1, -0.05) is 41.9 Å². The zero-order valence-corrected chi connectivity index (χ0v) is 17.4. The number of amides is 1. The molecule has 0 aliphatic rings. The number of hydrogen-bond acceptors (Lipinski definition) is 4. The molecule has 0 saturated heterocycles. The molecule has 0 unspecified atom stereocenters. The van der Waals surface area contributed by atoms with Gasteiger partial charge in [-0.3, -0.25) is 4.79 Å². The van der Waals surface area contributed by atoms with E-state index in [1.165, 1.54) is 5.69 Å². The van der Waals surface area contributed by atoms with E-state index in [0.29, 0.717) is 36.1 Å². The third kappa shape index (κ3) is 6.09. The first-order chi connectivity index (χ1) is 14.2. The Bertz CT molecular complexity index is 911. The maximum Gasteiger partial charge on any atom is 0.220 e. The standard InChI is InChI=1S/C23H26ClN3O2/c1-2-27(18-9-4-3-5-10-18)16-8-15-25-22(28)13-14-23-26-17-21(29-23)19-11-6-7-12-20(19)24/h3-7,9-12,17H,2,8,13-16H2,1H3,(H,25,28). The van der Waals surface area contributed by atoms with Crippen LogP contribution in [0, 0.1) is 0 Å². The average molecular weight is 412 g/mol. The number of hydrogen-bond donors (Lipinski definition) is 1. The molecule has 0 spiro atoms. The van der Waals surface area contributed by atoms with E-state index in [9.17, 15) is 4.79 Å². The number of oxazole rings is 1. The molecule has 0 aliphatic heterocycles. The van der Waals surface area contributed by atoms with Crippen molar-refractivity contribution in [2.75, 3.05) is 24.5 Å². The van der Waals surface area contributed by atoms with Crippen LogP contribution in [-0.4, -0.2) is 30.5 Å². The lowest BCUT2D eigenvalue weighted by Crippen LogP contribution is -2.30. The van der Waals surface area contributed by atoms with Crippen molar-refractivity contribution in [1.29, 1.82) is 0 Å². The molecular weight excluding hydrogens is 386 g/mol. The van der Waals surface area contributed by atoms with Gasteiger partial charge in [0.1, 0.15) is 0 Å². The van der Waals surface area contributed by atoms with Gasteiger partial charge in [-0.2, -0.15) is 0 Å². The monoisotopic (exact) mass is 411 g/mol. The lowest BCUT2D eigenvalue weighted by Gasteiger charge is -2.23. The van der Waals surface area contributed by atoms with Gasteiger partial charge in [0.15, 0.2) is 11.7 Å². The SMILES string of the molecule is CCN(CCCNC(=O)CCc1ncc(-c2ccccc2Cl)o1)c1ccccc1. The molecule has 1 N–H and O–H groups in total. The summed E-state index contributed by atoms with van der Waals surface area (Å²) in [6, 6.07) is 17.8. The molecule has 3 aromatic rings. The molecule has 29 heavy (non-hydrogen) atoms. The third-order valence-corrected chi connectivity index (χ3v) is 5.02. The first-order valence-electron chi connectivity index (χ1n) is 9.93. The van der Waals surface area contributed by atoms with Crippen LogP contribution in [0.15, 0.2) is 65.2 Å². The summed E-state index contributed by atoms with van der Waals surface area (Å²) in [5.41, 5.74) is 2.01. The summed E-state index contributed by atoms with van der Waals surface area (Å²) in [7, 11) is 0. The predicted molar refractivity (Wildman–Crippen MR) is 117 cm³/mol. The normalized spacial score (nSPS) is 10.7. The zero-order valence-electron chi connectivity index (χ0n) is 16.6. The lowest BCUT2D eigenvalue weighted by atomic mass is 10.2. The summed E-state index contributed by atoms with van der Waals surface area (Å²) in [5.74, 6) is 1.16. The number of aryl methyl sites for hydroxylation is 1. The van der Waals surface area contributed by atoms with E-state index in [0.717, 1.165) is 25.1 Å². The van der Waals surface area contributed by atoms with E-state index < -0.39 is 0 Å². The van der Waals surface area contributed by atoms with Crippen LogP contribution in [0.3, 0.4) is 0 Å². The summed E-state index contributed by atoms with van der Waals surface area (Å²) < 4.78 is 5.74. The maximum absolute atomic E-state index is 12.1. The number of rotatable bonds is 10. The zero-order chi connectivity index (χ0) is 20.5. The molecule has 0 fully saturated rings. The lowest BCUT2D eigenvalue weighted by molar-refractivity contribution is -0.121. The van der Waals surface area contributed by atoms with Gasteiger partial charge in [0, 0.05) is 43.7 Å². The molecule has 1 aromatic heterocycles. The number of para-hydroxylation sites is 1. The highest BCUT2D eigenvalue weighted by molar-refractivity contribution is 6.33. The molecule has 0 aliphatic carbocycles. The van der Waals surface area contributed by atoms with E-state index in [1.807, 2.05) is 42.5 Å². The van der Waals surface area contributed by atoms with E-state index >= 15 is 0 Å². The van der Waals surface area contributed by atoms with Crippen LogP contribution < -0.4 is 10.2 Å². The molecule has 0 bridgehead atoms. The average Bonchev–Trinajstić information content (AvgIpc) is 3.22. The number of nitrogens with zero attached hydrogens (tertiary/aromatic N) is 2. The minimum absolute atomic E-state index is 0.00486. The van der Waals surface area contributed by atoms with Crippen molar-refractivity contribution in [1.82, 2.24) is 10.3 Å². The highest BCUT2D eigenvalue weighted by Crippen LogP contribution is 2.28. The number of nitrogens with one attached hydrogen (secondary N) is 1. The molecule has 1 amide bonds. The van der Waals surface area contributed by atoms with Crippen LogP contribution in [-0.2, 0) is 11.2 Å². The van der Waals surface area contributed by atoms with E-state index in [2.05, 4.69) is 34.3 Å². The molecule has 152 valence electrons. The van der Waals surface area contributed by atoms with Crippen molar-refractivity contribution in [2.24, 2.45) is 0 Å². The quantitative estimate of drug-likeness (QED) is 0.479. The van der Waals surface area contributed by atoms with Crippen molar-refractivity contribution in [3.05, 3.63) is 71.7 Å². The van der Waals surface area contributed by atoms with Gasteiger partial charge in [-0.15, -0.1) is 0 Å². The van der Waals surface area contributed by atoms with Crippen LogP contribution >= 0.6 is 11.6 Å². The van der Waals surface area contributed by atoms with Crippen molar-refractivity contribution >= 4 is 23.2 Å². The molecule has 6 heteroatoms. The smallest absolute Gasteiger partial charge is 0.220 e. The number of carbonyl (C=O) groups is 1. The Morgan fingerprint density at radius 2 is 1.90 bits per heavy atom. The van der Waals surface area contributed by atoms with E-state index in [4.69, 9.17) is 16.0 Å². The fourth-order valence-electron chi connectivity index (χ4n) is 3.13. The van der Waals surface area contributed by atoms with Crippen LogP contribution in [0.2, 0.25) is 5.02 Å².